The van der Waals surface area contributed by atoms with E-state index in [-0.39, 0.29) is 0 Å². The molecule has 18 heavy (non-hydrogen) atoms. The Morgan fingerprint density at radius 2 is 2.22 bits per heavy atom. The van der Waals surface area contributed by atoms with E-state index in [9.17, 15) is 0 Å². The minimum Gasteiger partial charge on any atom is -0.372 e. The summed E-state index contributed by atoms with van der Waals surface area (Å²) in [6.07, 6.45) is 6.81. The zero-order valence-electron chi connectivity index (χ0n) is 11.5. The lowest BCUT2D eigenvalue weighted by Crippen LogP contribution is -2.32. The van der Waals surface area contributed by atoms with Gasteiger partial charge in [0, 0.05) is 32.0 Å². The fourth-order valence-corrected chi connectivity index (χ4v) is 2.08. The molecule has 2 aromatic heterocycles. The van der Waals surface area contributed by atoms with Crippen molar-refractivity contribution in [2.75, 3.05) is 23.8 Å². The first kappa shape index (κ1) is 12.7. The molecule has 0 unspecified atom stereocenters. The molecular weight excluding hydrogens is 226 g/mol. The third-order valence-corrected chi connectivity index (χ3v) is 2.97. The van der Waals surface area contributed by atoms with Crippen LogP contribution in [0.5, 0.6) is 0 Å². The maximum absolute atomic E-state index is 4.66. The quantitative estimate of drug-likeness (QED) is 0.881. The first-order chi connectivity index (χ1) is 8.67. The van der Waals surface area contributed by atoms with Crippen molar-refractivity contribution in [2.24, 2.45) is 0 Å². The van der Waals surface area contributed by atoms with Crippen LogP contribution >= 0.6 is 0 Å². The zero-order chi connectivity index (χ0) is 13.1. The van der Waals surface area contributed by atoms with Crippen molar-refractivity contribution < 1.29 is 0 Å². The lowest BCUT2D eigenvalue weighted by molar-refractivity contribution is 0.662. The average Bonchev–Trinajstić information content (AvgIpc) is 2.82. The summed E-state index contributed by atoms with van der Waals surface area (Å²) >= 11 is 0. The number of nitrogens with zero attached hydrogens (tertiary/aromatic N) is 4. The predicted molar refractivity (Wildman–Crippen MR) is 75.3 cm³/mol. The Balaban J connectivity index is 2.55. The molecule has 0 aliphatic carbocycles. The summed E-state index contributed by atoms with van der Waals surface area (Å²) in [5.74, 6) is 1.81. The van der Waals surface area contributed by atoms with Crippen LogP contribution in [0.15, 0.2) is 18.6 Å². The van der Waals surface area contributed by atoms with Gasteiger partial charge in [-0.15, -0.1) is 0 Å². The normalized spacial score (nSPS) is 11.2. The molecule has 0 aromatic carbocycles. The van der Waals surface area contributed by atoms with Crippen molar-refractivity contribution >= 4 is 17.3 Å². The predicted octanol–water partition coefficient (Wildman–Crippen LogP) is 2.40. The van der Waals surface area contributed by atoms with Crippen LogP contribution in [0.3, 0.4) is 0 Å². The summed E-state index contributed by atoms with van der Waals surface area (Å²) in [5, 5.41) is 3.10. The molecule has 0 bridgehead atoms. The molecule has 2 aromatic rings. The molecule has 0 saturated heterocycles. The van der Waals surface area contributed by atoms with Gasteiger partial charge in [0.1, 0.15) is 5.82 Å². The zero-order valence-corrected chi connectivity index (χ0v) is 11.5. The van der Waals surface area contributed by atoms with E-state index in [0.29, 0.717) is 6.04 Å². The number of aromatic nitrogens is 3. The number of hydrogen-bond donors (Lipinski definition) is 1. The molecule has 98 valence electrons. The standard InChI is InChI=1S/C13H21N5/c1-5-7-18(10(2)3)13-12-15-6-8-17(12)9-11(14-4)16-13/h6,8-10,14H,5,7H2,1-4H3. The van der Waals surface area contributed by atoms with Gasteiger partial charge in [0.2, 0.25) is 0 Å². The number of fused-ring (bicyclic) bond motifs is 1. The van der Waals surface area contributed by atoms with Gasteiger partial charge >= 0.3 is 0 Å². The van der Waals surface area contributed by atoms with Crippen LogP contribution in [0.25, 0.3) is 5.65 Å². The molecule has 0 fully saturated rings. The van der Waals surface area contributed by atoms with Gasteiger partial charge in [-0.05, 0) is 20.3 Å². The Morgan fingerprint density at radius 1 is 1.44 bits per heavy atom. The number of imidazole rings is 1. The minimum absolute atomic E-state index is 0.407. The summed E-state index contributed by atoms with van der Waals surface area (Å²) in [6, 6.07) is 0.407. The lowest BCUT2D eigenvalue weighted by atomic mass is 10.3. The summed E-state index contributed by atoms with van der Waals surface area (Å²) in [5.41, 5.74) is 0.913. The molecular formula is C13H21N5. The van der Waals surface area contributed by atoms with Crippen molar-refractivity contribution in [3.05, 3.63) is 18.6 Å². The van der Waals surface area contributed by atoms with Crippen LogP contribution in [0.2, 0.25) is 0 Å². The highest BCUT2D eigenvalue weighted by atomic mass is 15.3. The maximum atomic E-state index is 4.66. The second kappa shape index (κ2) is 5.25. The van der Waals surface area contributed by atoms with E-state index in [0.717, 1.165) is 30.2 Å². The van der Waals surface area contributed by atoms with Crippen LogP contribution in [0, 0.1) is 0 Å². The Hall–Kier alpha value is -1.78. The Kier molecular flexibility index (Phi) is 3.69. The van der Waals surface area contributed by atoms with Crippen LogP contribution in [-0.2, 0) is 0 Å². The molecule has 1 N–H and O–H groups in total. The van der Waals surface area contributed by atoms with Crippen molar-refractivity contribution in [1.29, 1.82) is 0 Å². The highest BCUT2D eigenvalue weighted by Gasteiger charge is 2.16. The molecule has 5 nitrogen and oxygen atoms in total. The number of rotatable bonds is 5. The van der Waals surface area contributed by atoms with Gasteiger partial charge in [-0.1, -0.05) is 6.92 Å². The number of nitrogens with one attached hydrogen (secondary N) is 1. The molecule has 0 radical (unpaired) electrons. The molecule has 0 aliphatic rings. The van der Waals surface area contributed by atoms with Crippen LogP contribution in [0.4, 0.5) is 11.6 Å². The first-order valence-electron chi connectivity index (χ1n) is 6.45. The average molecular weight is 247 g/mol. The second-order valence-electron chi connectivity index (χ2n) is 4.65. The fraction of sp³-hybridized carbons (Fsp3) is 0.538. The van der Waals surface area contributed by atoms with Gasteiger partial charge in [0.15, 0.2) is 11.5 Å². The van der Waals surface area contributed by atoms with Crippen molar-refractivity contribution in [1.82, 2.24) is 14.4 Å². The van der Waals surface area contributed by atoms with E-state index >= 15 is 0 Å². The van der Waals surface area contributed by atoms with E-state index in [1.807, 2.05) is 30.0 Å². The Bertz CT molecular complexity index is 517. The number of anilines is 2. The summed E-state index contributed by atoms with van der Waals surface area (Å²) < 4.78 is 2.01. The Labute approximate surface area is 108 Å². The lowest BCUT2D eigenvalue weighted by Gasteiger charge is -2.28. The summed E-state index contributed by atoms with van der Waals surface area (Å²) in [4.78, 5) is 11.4. The van der Waals surface area contributed by atoms with Crippen LogP contribution in [-0.4, -0.2) is 34.0 Å². The first-order valence-corrected chi connectivity index (χ1v) is 6.45. The molecule has 0 amide bonds. The molecule has 2 rings (SSSR count). The highest BCUT2D eigenvalue weighted by molar-refractivity contribution is 5.67. The van der Waals surface area contributed by atoms with Crippen molar-refractivity contribution in [3.8, 4) is 0 Å². The SMILES string of the molecule is CCCN(c1nc(NC)cn2ccnc12)C(C)C. The smallest absolute Gasteiger partial charge is 0.180 e. The third-order valence-electron chi connectivity index (χ3n) is 2.97. The summed E-state index contributed by atoms with van der Waals surface area (Å²) in [7, 11) is 1.88. The van der Waals surface area contributed by atoms with Crippen molar-refractivity contribution in [3.63, 3.8) is 0 Å². The van der Waals surface area contributed by atoms with E-state index in [1.165, 1.54) is 0 Å². The molecule has 0 saturated carbocycles. The van der Waals surface area contributed by atoms with Gasteiger partial charge in [0.25, 0.3) is 0 Å². The second-order valence-corrected chi connectivity index (χ2v) is 4.65. The topological polar surface area (TPSA) is 45.5 Å². The minimum atomic E-state index is 0.407. The molecule has 0 aliphatic heterocycles. The van der Waals surface area contributed by atoms with E-state index in [4.69, 9.17) is 0 Å². The molecule has 2 heterocycles. The van der Waals surface area contributed by atoms with Gasteiger partial charge in [0.05, 0.1) is 6.20 Å². The monoisotopic (exact) mass is 247 g/mol. The highest BCUT2D eigenvalue weighted by Crippen LogP contribution is 2.22. The van der Waals surface area contributed by atoms with E-state index in [2.05, 4.69) is 41.0 Å². The van der Waals surface area contributed by atoms with Crippen molar-refractivity contribution in [2.45, 2.75) is 33.2 Å². The van der Waals surface area contributed by atoms with Gasteiger partial charge in [-0.3, -0.25) is 0 Å². The largest absolute Gasteiger partial charge is 0.372 e. The van der Waals surface area contributed by atoms with E-state index in [1.54, 1.807) is 0 Å². The summed E-state index contributed by atoms with van der Waals surface area (Å²) in [6.45, 7) is 7.53. The van der Waals surface area contributed by atoms with Gasteiger partial charge in [-0.2, -0.15) is 0 Å². The Morgan fingerprint density at radius 3 is 2.83 bits per heavy atom. The van der Waals surface area contributed by atoms with Crippen LogP contribution in [0.1, 0.15) is 27.2 Å². The molecule has 5 heteroatoms. The van der Waals surface area contributed by atoms with Crippen LogP contribution < -0.4 is 10.2 Å². The third kappa shape index (κ3) is 2.25. The van der Waals surface area contributed by atoms with E-state index < -0.39 is 0 Å². The number of hydrogen-bond acceptors (Lipinski definition) is 4. The molecule has 0 atom stereocenters. The molecule has 0 spiro atoms. The van der Waals surface area contributed by atoms with Gasteiger partial charge in [-0.25, -0.2) is 9.97 Å². The fourth-order valence-electron chi connectivity index (χ4n) is 2.08. The maximum Gasteiger partial charge on any atom is 0.180 e. The van der Waals surface area contributed by atoms with Gasteiger partial charge < -0.3 is 14.6 Å².